The Balaban J connectivity index is 0.843. The number of aliphatic hydroxyl groups is 4. The topological polar surface area (TPSA) is 267 Å². The fourth-order valence-electron chi connectivity index (χ4n) is 11.5. The zero-order chi connectivity index (χ0) is 48.5. The van der Waals surface area contributed by atoms with E-state index in [1.807, 2.05) is 23.0 Å². The lowest BCUT2D eigenvalue weighted by Crippen LogP contribution is -2.34. The molecule has 2 aliphatic heterocycles. The van der Waals surface area contributed by atoms with Gasteiger partial charge in [0.25, 0.3) is 0 Å². The van der Waals surface area contributed by atoms with Crippen LogP contribution in [-0.2, 0) is 12.8 Å². The monoisotopic (exact) mass is 965 g/mol. The van der Waals surface area contributed by atoms with Crippen LogP contribution in [0.15, 0.2) is 25.0 Å². The van der Waals surface area contributed by atoms with E-state index in [2.05, 4.69) is 78.8 Å². The molecule has 376 valence electrons. The molecule has 6 aromatic heterocycles. The van der Waals surface area contributed by atoms with E-state index in [1.54, 1.807) is 25.0 Å². The second-order valence-corrected chi connectivity index (χ2v) is 20.7. The number of rotatable bonds is 14. The molecule has 0 amide bonds. The van der Waals surface area contributed by atoms with Crippen molar-refractivity contribution < 1.29 is 20.4 Å². The van der Waals surface area contributed by atoms with E-state index in [4.69, 9.17) is 29.9 Å². The molecule has 8 heterocycles. The molecule has 0 aromatic carbocycles. The standard InChI is InChI=1S/C46H68N20O4/c1-7-25-19-49-65(57-25)33-17-31(37(67)39(33)69)63-23-47-35-41(53-45(55-43(35)63)61-15-13-29(21-61)59(3)4)51-27-9-11-28(12-10-27)52-42-36-44(56-46(54-42)62-16-14-30(22-62)60(5)6)64(24-48-36)32-18-34(40(70)38(32)68)66-50-20-26(8-2)58-66/h19-20,23-24,27-34,37-40,67-70H,7-18,21-22H2,1-6H3,(H,51,53,55)(H,52,54,56)/t27-,28-,29-,30-,31-,32-,33+,34+,37+,38+,39-,40-/m1/s1. The van der Waals surface area contributed by atoms with Crippen molar-refractivity contribution in [2.24, 2.45) is 0 Å². The molecule has 5 fully saturated rings. The van der Waals surface area contributed by atoms with Gasteiger partial charge < -0.3 is 59.8 Å². The van der Waals surface area contributed by atoms with E-state index in [-0.39, 0.29) is 12.1 Å². The minimum absolute atomic E-state index is 0.0952. The Morgan fingerprint density at radius 2 is 0.957 bits per heavy atom. The predicted molar refractivity (Wildman–Crippen MR) is 261 cm³/mol. The van der Waals surface area contributed by atoms with E-state index < -0.39 is 48.6 Å². The molecule has 0 radical (unpaired) electrons. The van der Waals surface area contributed by atoms with Crippen molar-refractivity contribution in [2.75, 3.05) is 74.8 Å². The number of likely N-dealkylation sites (N-methyl/N-ethyl adjacent to an activating group) is 2. The van der Waals surface area contributed by atoms with Crippen molar-refractivity contribution in [1.29, 1.82) is 0 Å². The van der Waals surface area contributed by atoms with E-state index in [9.17, 15) is 20.4 Å². The molecule has 6 aromatic rings. The van der Waals surface area contributed by atoms with Gasteiger partial charge in [-0.25, -0.2) is 9.97 Å². The number of fused-ring (bicyclic) bond motifs is 2. The predicted octanol–water partition coefficient (Wildman–Crippen LogP) is 1.21. The van der Waals surface area contributed by atoms with Crippen molar-refractivity contribution >= 4 is 45.9 Å². The number of nitrogens with one attached hydrogen (secondary N) is 2. The summed E-state index contributed by atoms with van der Waals surface area (Å²) in [5, 5.41) is 71.2. The molecule has 11 rings (SSSR count). The van der Waals surface area contributed by atoms with Crippen LogP contribution in [0, 0.1) is 0 Å². The van der Waals surface area contributed by atoms with Gasteiger partial charge in [0.05, 0.1) is 48.5 Å². The molecular weight excluding hydrogens is 897 g/mol. The maximum Gasteiger partial charge on any atom is 0.229 e. The van der Waals surface area contributed by atoms with Crippen LogP contribution in [0.5, 0.6) is 0 Å². The molecule has 10 atom stereocenters. The highest BCUT2D eigenvalue weighted by atomic mass is 16.3. The van der Waals surface area contributed by atoms with Gasteiger partial charge in [0, 0.05) is 50.3 Å². The quantitative estimate of drug-likeness (QED) is 0.0896. The van der Waals surface area contributed by atoms with Gasteiger partial charge in [0.1, 0.15) is 36.5 Å². The van der Waals surface area contributed by atoms with Gasteiger partial charge in [0.2, 0.25) is 11.9 Å². The first-order chi connectivity index (χ1) is 33.8. The van der Waals surface area contributed by atoms with Gasteiger partial charge in [-0.05, 0) is 92.4 Å². The lowest BCUT2D eigenvalue weighted by molar-refractivity contribution is 0.00497. The molecular formula is C46H68N20O4. The van der Waals surface area contributed by atoms with Crippen molar-refractivity contribution in [1.82, 2.24) is 78.8 Å². The maximum absolute atomic E-state index is 11.5. The van der Waals surface area contributed by atoms with Crippen molar-refractivity contribution in [3.8, 4) is 0 Å². The van der Waals surface area contributed by atoms with Crippen molar-refractivity contribution in [3.63, 3.8) is 0 Å². The highest BCUT2D eigenvalue weighted by Gasteiger charge is 2.47. The molecule has 6 N–H and O–H groups in total. The number of anilines is 4. The molecule has 3 saturated carbocycles. The summed E-state index contributed by atoms with van der Waals surface area (Å²) in [7, 11) is 8.41. The third-order valence-corrected chi connectivity index (χ3v) is 16.0. The van der Waals surface area contributed by atoms with E-state index in [1.165, 1.54) is 9.59 Å². The lowest BCUT2D eigenvalue weighted by Gasteiger charge is -2.31. The van der Waals surface area contributed by atoms with E-state index >= 15 is 0 Å². The van der Waals surface area contributed by atoms with Gasteiger partial charge in [0.15, 0.2) is 34.0 Å². The van der Waals surface area contributed by atoms with E-state index in [0.29, 0.717) is 70.8 Å². The number of aliphatic hydroxyl groups excluding tert-OH is 4. The Hall–Kier alpha value is -5.66. The van der Waals surface area contributed by atoms with Gasteiger partial charge in [-0.1, -0.05) is 13.8 Å². The number of imidazole rings is 2. The summed E-state index contributed by atoms with van der Waals surface area (Å²) < 4.78 is 3.80. The first kappa shape index (κ1) is 46.7. The minimum Gasteiger partial charge on any atom is -0.388 e. The second-order valence-electron chi connectivity index (χ2n) is 20.7. The summed E-state index contributed by atoms with van der Waals surface area (Å²) in [6.07, 6.45) is 10.2. The molecule has 0 bridgehead atoms. The Morgan fingerprint density at radius 1 is 0.557 bits per heavy atom. The molecule has 5 aliphatic rings. The zero-order valence-electron chi connectivity index (χ0n) is 41.0. The normalized spacial score (nSPS) is 30.6. The van der Waals surface area contributed by atoms with Crippen LogP contribution in [0.2, 0.25) is 0 Å². The number of nitrogens with zero attached hydrogens (tertiary/aromatic N) is 18. The third kappa shape index (κ3) is 8.48. The fourth-order valence-corrected chi connectivity index (χ4v) is 11.5. The average Bonchev–Trinajstić information content (AvgIpc) is 4.22. The average molecular weight is 965 g/mol. The van der Waals surface area contributed by atoms with Crippen LogP contribution in [0.1, 0.15) is 101 Å². The molecule has 24 nitrogen and oxygen atoms in total. The molecule has 2 saturated heterocycles. The highest BCUT2D eigenvalue weighted by Crippen LogP contribution is 2.42. The Kier molecular flexibility index (Phi) is 12.6. The van der Waals surface area contributed by atoms with Crippen LogP contribution in [0.25, 0.3) is 22.3 Å². The van der Waals surface area contributed by atoms with Crippen LogP contribution in [-0.4, -0.2) is 202 Å². The maximum atomic E-state index is 11.5. The highest BCUT2D eigenvalue weighted by molar-refractivity contribution is 5.86. The minimum atomic E-state index is -1.08. The smallest absolute Gasteiger partial charge is 0.229 e. The SMILES string of the molecule is CCc1cnn([C@H]2C[C@@H](n3cnc4c(N[C@H]5CC[C@H](Nc6nc(N7CC[C@@H](N(C)C)C7)nc7c6ncn7[C@@H]6C[C@H](n7ncc(CC)n7)[C@@H](O)[C@H]6O)CC5)nc(N5CC[C@@H](N(C)C)C5)nc43)[C@H](O)[C@@H]2O)n1. The first-order valence-corrected chi connectivity index (χ1v) is 25.2. The summed E-state index contributed by atoms with van der Waals surface area (Å²) >= 11 is 0. The molecule has 0 spiro atoms. The van der Waals surface area contributed by atoms with Gasteiger partial charge in [-0.15, -0.1) is 0 Å². The summed E-state index contributed by atoms with van der Waals surface area (Å²) in [5.41, 5.74) is 4.10. The fraction of sp³-hybridized carbons (Fsp3) is 0.696. The Morgan fingerprint density at radius 3 is 1.31 bits per heavy atom. The van der Waals surface area contributed by atoms with Gasteiger partial charge in [-0.3, -0.25) is 0 Å². The molecule has 24 heteroatoms. The van der Waals surface area contributed by atoms with Crippen molar-refractivity contribution in [2.45, 2.75) is 151 Å². The summed E-state index contributed by atoms with van der Waals surface area (Å²) in [6.45, 7) is 7.22. The summed E-state index contributed by atoms with van der Waals surface area (Å²) in [5.74, 6) is 2.52. The number of aryl methyl sites for hydroxylation is 2. The Bertz CT molecular complexity index is 2590. The summed E-state index contributed by atoms with van der Waals surface area (Å²) in [6, 6.07) is -1.10. The molecule has 3 aliphatic carbocycles. The zero-order valence-corrected chi connectivity index (χ0v) is 41.0. The number of hydrogen-bond acceptors (Lipinski definition) is 20. The largest absolute Gasteiger partial charge is 0.388 e. The van der Waals surface area contributed by atoms with E-state index in [0.717, 1.165) is 88.9 Å². The van der Waals surface area contributed by atoms with Crippen LogP contribution >= 0.6 is 0 Å². The van der Waals surface area contributed by atoms with Gasteiger partial charge in [-0.2, -0.15) is 49.9 Å². The third-order valence-electron chi connectivity index (χ3n) is 16.0. The second kappa shape index (κ2) is 18.8. The van der Waals surface area contributed by atoms with Crippen LogP contribution in [0.3, 0.4) is 0 Å². The van der Waals surface area contributed by atoms with Gasteiger partial charge >= 0.3 is 0 Å². The van der Waals surface area contributed by atoms with Crippen LogP contribution < -0.4 is 20.4 Å². The molecule has 0 unspecified atom stereocenters. The first-order valence-electron chi connectivity index (χ1n) is 25.2. The summed E-state index contributed by atoms with van der Waals surface area (Å²) in [4.78, 5) is 42.3. The lowest BCUT2D eigenvalue weighted by atomic mass is 9.91. The van der Waals surface area contributed by atoms with Crippen LogP contribution in [0.4, 0.5) is 23.5 Å². The molecule has 70 heavy (non-hydrogen) atoms. The number of hydrogen-bond donors (Lipinski definition) is 6. The number of aromatic nitrogens is 14. The Labute approximate surface area is 406 Å². The van der Waals surface area contributed by atoms with Crippen molar-refractivity contribution in [3.05, 3.63) is 36.4 Å².